The van der Waals surface area contributed by atoms with Crippen LogP contribution in [0.15, 0.2) is 29.8 Å². The Labute approximate surface area is 141 Å². The minimum absolute atomic E-state index is 0.101. The summed E-state index contributed by atoms with van der Waals surface area (Å²) in [6, 6.07) is 7.68. The Morgan fingerprint density at radius 3 is 2.48 bits per heavy atom. The van der Waals surface area contributed by atoms with Gasteiger partial charge in [-0.25, -0.2) is 9.78 Å². The van der Waals surface area contributed by atoms with E-state index in [1.807, 2.05) is 57.5 Å². The molecular formula is C17H23N3O2S. The van der Waals surface area contributed by atoms with Crippen LogP contribution in [-0.2, 0) is 4.74 Å². The summed E-state index contributed by atoms with van der Waals surface area (Å²) in [6.45, 7) is 9.59. The maximum Gasteiger partial charge on any atom is 0.412 e. The second kappa shape index (κ2) is 7.00. The van der Waals surface area contributed by atoms with E-state index in [1.54, 1.807) is 11.3 Å². The third kappa shape index (κ3) is 4.96. The summed E-state index contributed by atoms with van der Waals surface area (Å²) in [5.74, 6) is 0. The number of nitrogens with one attached hydrogen (secondary N) is 2. The molecule has 0 bridgehead atoms. The smallest absolute Gasteiger partial charge is 0.412 e. The van der Waals surface area contributed by atoms with Gasteiger partial charge in [-0.1, -0.05) is 12.1 Å². The van der Waals surface area contributed by atoms with Gasteiger partial charge in [0.05, 0.1) is 28.6 Å². The van der Waals surface area contributed by atoms with Gasteiger partial charge in [-0.3, -0.25) is 5.32 Å². The Morgan fingerprint density at radius 1 is 1.26 bits per heavy atom. The summed E-state index contributed by atoms with van der Waals surface area (Å²) >= 11 is 1.62. The number of thiazole rings is 1. The van der Waals surface area contributed by atoms with Gasteiger partial charge in [-0.05, 0) is 46.8 Å². The predicted molar refractivity (Wildman–Crippen MR) is 95.2 cm³/mol. The van der Waals surface area contributed by atoms with E-state index in [9.17, 15) is 4.79 Å². The summed E-state index contributed by atoms with van der Waals surface area (Å²) in [5.41, 5.74) is 3.87. The maximum atomic E-state index is 12.0. The molecule has 1 amide bonds. The van der Waals surface area contributed by atoms with Gasteiger partial charge in [-0.2, -0.15) is 0 Å². The van der Waals surface area contributed by atoms with Crippen molar-refractivity contribution in [3.63, 3.8) is 0 Å². The molecule has 1 unspecified atom stereocenters. The van der Waals surface area contributed by atoms with Crippen molar-refractivity contribution in [2.45, 2.75) is 46.3 Å². The van der Waals surface area contributed by atoms with Crippen LogP contribution in [0.4, 0.5) is 16.2 Å². The molecule has 6 heteroatoms. The van der Waals surface area contributed by atoms with Crippen LogP contribution >= 0.6 is 11.3 Å². The maximum absolute atomic E-state index is 12.0. The molecule has 0 aliphatic carbocycles. The highest BCUT2D eigenvalue weighted by Gasteiger charge is 2.18. The zero-order valence-electron chi connectivity index (χ0n) is 14.1. The lowest BCUT2D eigenvalue weighted by molar-refractivity contribution is 0.0636. The zero-order valence-corrected chi connectivity index (χ0v) is 15.0. The topological polar surface area (TPSA) is 63.2 Å². The summed E-state index contributed by atoms with van der Waals surface area (Å²) in [6.07, 6.45) is -0.464. The fourth-order valence-electron chi connectivity index (χ4n) is 2.16. The number of nitrogens with zero attached hydrogens (tertiary/aromatic N) is 1. The molecule has 0 spiro atoms. The number of aryl methyl sites for hydroxylation is 1. The van der Waals surface area contributed by atoms with Gasteiger partial charge >= 0.3 is 6.09 Å². The molecule has 0 aliphatic rings. The highest BCUT2D eigenvalue weighted by molar-refractivity contribution is 7.09. The molecule has 0 saturated heterocycles. The number of benzene rings is 1. The first-order valence-corrected chi connectivity index (χ1v) is 8.40. The number of carbonyl (C=O) groups is 1. The van der Waals surface area contributed by atoms with E-state index in [4.69, 9.17) is 4.74 Å². The number of carbonyl (C=O) groups excluding carboxylic acids is 1. The summed E-state index contributed by atoms with van der Waals surface area (Å²) in [7, 11) is 0. The molecule has 5 nitrogen and oxygen atoms in total. The highest BCUT2D eigenvalue weighted by Crippen LogP contribution is 2.29. The van der Waals surface area contributed by atoms with Gasteiger partial charge in [-0.15, -0.1) is 11.3 Å². The van der Waals surface area contributed by atoms with Crippen molar-refractivity contribution >= 4 is 28.8 Å². The van der Waals surface area contributed by atoms with Crippen LogP contribution in [-0.4, -0.2) is 16.7 Å². The van der Waals surface area contributed by atoms with Crippen molar-refractivity contribution in [1.82, 2.24) is 4.98 Å². The number of hydrogen-bond donors (Lipinski definition) is 2. The molecule has 1 aromatic carbocycles. The Kier molecular flexibility index (Phi) is 5.26. The normalized spacial score (nSPS) is 12.6. The Bertz CT molecular complexity index is 676. The first-order chi connectivity index (χ1) is 10.8. The number of para-hydroxylation sites is 2. The minimum Gasteiger partial charge on any atom is -0.444 e. The van der Waals surface area contributed by atoms with Crippen molar-refractivity contribution in [2.75, 3.05) is 10.6 Å². The van der Waals surface area contributed by atoms with Crippen molar-refractivity contribution in [1.29, 1.82) is 0 Å². The van der Waals surface area contributed by atoms with Crippen LogP contribution < -0.4 is 10.6 Å². The average molecular weight is 333 g/mol. The molecule has 2 aromatic rings. The van der Waals surface area contributed by atoms with E-state index in [0.29, 0.717) is 5.69 Å². The SMILES string of the molecule is Cc1ncsc1C(C)Nc1ccccc1NC(=O)OC(C)(C)C. The van der Waals surface area contributed by atoms with Crippen LogP contribution in [0.1, 0.15) is 44.3 Å². The van der Waals surface area contributed by atoms with Crippen molar-refractivity contribution in [2.24, 2.45) is 0 Å². The number of anilines is 2. The molecular weight excluding hydrogens is 310 g/mol. The van der Waals surface area contributed by atoms with E-state index in [2.05, 4.69) is 22.5 Å². The number of hydrogen-bond acceptors (Lipinski definition) is 5. The molecule has 23 heavy (non-hydrogen) atoms. The van der Waals surface area contributed by atoms with E-state index in [1.165, 1.54) is 4.88 Å². The minimum atomic E-state index is -0.528. The van der Waals surface area contributed by atoms with E-state index in [0.717, 1.165) is 11.4 Å². The largest absolute Gasteiger partial charge is 0.444 e. The number of ether oxygens (including phenoxy) is 1. The molecule has 0 aliphatic heterocycles. The monoisotopic (exact) mass is 333 g/mol. The molecule has 1 heterocycles. The van der Waals surface area contributed by atoms with Crippen LogP contribution in [0.25, 0.3) is 0 Å². The van der Waals surface area contributed by atoms with Crippen LogP contribution in [0.2, 0.25) is 0 Å². The Hall–Kier alpha value is -2.08. The number of amides is 1. The number of rotatable bonds is 4. The molecule has 2 N–H and O–H groups in total. The third-order valence-corrected chi connectivity index (χ3v) is 4.22. The molecule has 0 saturated carbocycles. The Morgan fingerprint density at radius 2 is 1.91 bits per heavy atom. The quantitative estimate of drug-likeness (QED) is 0.829. The predicted octanol–water partition coefficient (Wildman–Crippen LogP) is 4.97. The molecule has 1 atom stereocenters. The zero-order chi connectivity index (χ0) is 17.0. The first kappa shape index (κ1) is 17.3. The van der Waals surface area contributed by atoms with Crippen LogP contribution in [0.3, 0.4) is 0 Å². The standard InChI is InChI=1S/C17H23N3O2S/c1-11-15(23-10-18-11)12(2)19-13-8-6-7-9-14(13)20-16(21)22-17(3,4)5/h6-10,12,19H,1-5H3,(H,20,21). The lowest BCUT2D eigenvalue weighted by atomic mass is 10.2. The first-order valence-electron chi connectivity index (χ1n) is 7.52. The summed E-state index contributed by atoms with van der Waals surface area (Å²) < 4.78 is 5.31. The highest BCUT2D eigenvalue weighted by atomic mass is 32.1. The fraction of sp³-hybridized carbons (Fsp3) is 0.412. The van der Waals surface area contributed by atoms with E-state index in [-0.39, 0.29) is 6.04 Å². The molecule has 0 fully saturated rings. The molecule has 124 valence electrons. The second-order valence-corrected chi connectivity index (χ2v) is 7.23. The summed E-state index contributed by atoms with van der Waals surface area (Å²) in [4.78, 5) is 17.4. The lowest BCUT2D eigenvalue weighted by Crippen LogP contribution is -2.27. The van der Waals surface area contributed by atoms with E-state index < -0.39 is 11.7 Å². The van der Waals surface area contributed by atoms with Crippen molar-refractivity contribution in [3.8, 4) is 0 Å². The molecule has 0 radical (unpaired) electrons. The van der Waals surface area contributed by atoms with Crippen LogP contribution in [0.5, 0.6) is 0 Å². The van der Waals surface area contributed by atoms with Gasteiger partial charge in [0, 0.05) is 4.88 Å². The fourth-order valence-corrected chi connectivity index (χ4v) is 2.97. The molecule has 1 aromatic heterocycles. The van der Waals surface area contributed by atoms with E-state index >= 15 is 0 Å². The van der Waals surface area contributed by atoms with Gasteiger partial charge in [0.2, 0.25) is 0 Å². The average Bonchev–Trinajstić information content (AvgIpc) is 2.85. The van der Waals surface area contributed by atoms with Gasteiger partial charge < -0.3 is 10.1 Å². The number of aromatic nitrogens is 1. The van der Waals surface area contributed by atoms with Crippen molar-refractivity contribution < 1.29 is 9.53 Å². The van der Waals surface area contributed by atoms with Gasteiger partial charge in [0.1, 0.15) is 5.60 Å². The van der Waals surface area contributed by atoms with Gasteiger partial charge in [0.25, 0.3) is 0 Å². The third-order valence-electron chi connectivity index (χ3n) is 3.11. The van der Waals surface area contributed by atoms with Gasteiger partial charge in [0.15, 0.2) is 0 Å². The summed E-state index contributed by atoms with van der Waals surface area (Å²) in [5, 5.41) is 6.22. The lowest BCUT2D eigenvalue weighted by Gasteiger charge is -2.21. The van der Waals surface area contributed by atoms with Crippen molar-refractivity contribution in [3.05, 3.63) is 40.3 Å². The Balaban J connectivity index is 2.11. The second-order valence-electron chi connectivity index (χ2n) is 6.34. The van der Waals surface area contributed by atoms with Crippen LogP contribution in [0, 0.1) is 6.92 Å². The molecule has 2 rings (SSSR count).